The number of aromatic hydroxyl groups is 1. The molecule has 1 N–H and O–H groups in total. The van der Waals surface area contributed by atoms with Gasteiger partial charge in [0.05, 0.1) is 0 Å². The molecule has 5 heteroatoms. The van der Waals surface area contributed by atoms with E-state index in [9.17, 15) is 14.7 Å². The highest BCUT2D eigenvalue weighted by Gasteiger charge is 2.48. The van der Waals surface area contributed by atoms with Gasteiger partial charge in [-0.25, -0.2) is 0 Å². The number of phenolic OH excluding ortho intramolecular Hbond substituents is 1. The van der Waals surface area contributed by atoms with Gasteiger partial charge in [-0.3, -0.25) is 9.59 Å². The van der Waals surface area contributed by atoms with Crippen molar-refractivity contribution in [1.82, 2.24) is 4.90 Å². The van der Waals surface area contributed by atoms with Crippen LogP contribution in [0.4, 0.5) is 0 Å². The molecule has 3 aliphatic rings. The van der Waals surface area contributed by atoms with Gasteiger partial charge in [-0.2, -0.15) is 0 Å². The smallest absolute Gasteiger partial charge is 0.162 e. The average Bonchev–Trinajstić information content (AvgIpc) is 2.67. The molecule has 0 saturated heterocycles. The van der Waals surface area contributed by atoms with Crippen molar-refractivity contribution in [3.8, 4) is 5.75 Å². The van der Waals surface area contributed by atoms with Crippen LogP contribution in [0.5, 0.6) is 5.75 Å². The fraction of sp³-hybridized carbons (Fsp3) is 0.556. The molecule has 0 bridgehead atoms. The fourth-order valence-electron chi connectivity index (χ4n) is 5.68. The number of carbonyl (C=O) groups is 2. The van der Waals surface area contributed by atoms with Crippen molar-refractivity contribution in [2.75, 3.05) is 20.3 Å². The topological polar surface area (TPSA) is 66.8 Å². The second-order valence-electron chi connectivity index (χ2n) is 11.1. The number of ketones is 2. The summed E-state index contributed by atoms with van der Waals surface area (Å²) in [5.41, 5.74) is 4.36. The Labute approximate surface area is 191 Å². The summed E-state index contributed by atoms with van der Waals surface area (Å²) in [4.78, 5) is 29.5. The SMILES string of the molecule is COCCCN1C2=C(C(=O)CC(C)(C)C2)C(c2ccc(O)cc2)C2=C1CC(C)(C)CC2=O. The fourth-order valence-corrected chi connectivity index (χ4v) is 5.68. The van der Waals surface area contributed by atoms with Gasteiger partial charge in [0.15, 0.2) is 11.6 Å². The van der Waals surface area contributed by atoms with Crippen molar-refractivity contribution in [2.24, 2.45) is 10.8 Å². The lowest BCUT2D eigenvalue weighted by Crippen LogP contribution is -2.44. The van der Waals surface area contributed by atoms with Gasteiger partial charge in [0.2, 0.25) is 0 Å². The van der Waals surface area contributed by atoms with Crippen LogP contribution in [0.1, 0.15) is 71.3 Å². The average molecular weight is 438 g/mol. The number of hydrogen-bond acceptors (Lipinski definition) is 5. The molecule has 32 heavy (non-hydrogen) atoms. The third-order valence-corrected chi connectivity index (χ3v) is 6.98. The highest BCUT2D eigenvalue weighted by molar-refractivity contribution is 6.06. The Morgan fingerprint density at radius 1 is 0.906 bits per heavy atom. The van der Waals surface area contributed by atoms with E-state index in [1.807, 2.05) is 12.1 Å². The highest BCUT2D eigenvalue weighted by atomic mass is 16.5. The first kappa shape index (κ1) is 22.8. The summed E-state index contributed by atoms with van der Waals surface area (Å²) < 4.78 is 5.31. The minimum Gasteiger partial charge on any atom is -0.508 e. The van der Waals surface area contributed by atoms with E-state index < -0.39 is 0 Å². The predicted octanol–water partition coefficient (Wildman–Crippen LogP) is 5.11. The quantitative estimate of drug-likeness (QED) is 0.648. The van der Waals surface area contributed by atoms with Crippen LogP contribution < -0.4 is 0 Å². The minimum atomic E-state index is -0.355. The lowest BCUT2D eigenvalue weighted by molar-refractivity contribution is -0.119. The number of methoxy groups -OCH3 is 1. The molecule has 1 aliphatic heterocycles. The molecule has 0 fully saturated rings. The first-order valence-electron chi connectivity index (χ1n) is 11.6. The highest BCUT2D eigenvalue weighted by Crippen LogP contribution is 2.54. The number of ether oxygens (including phenoxy) is 1. The van der Waals surface area contributed by atoms with E-state index in [2.05, 4.69) is 32.6 Å². The van der Waals surface area contributed by atoms with E-state index >= 15 is 0 Å². The predicted molar refractivity (Wildman–Crippen MR) is 124 cm³/mol. The van der Waals surface area contributed by atoms with Crippen LogP contribution in [-0.4, -0.2) is 41.8 Å². The molecule has 0 aromatic heterocycles. The van der Waals surface area contributed by atoms with E-state index in [1.165, 1.54) is 0 Å². The first-order valence-corrected chi connectivity index (χ1v) is 11.6. The van der Waals surface area contributed by atoms with Gasteiger partial charge in [-0.05, 0) is 47.8 Å². The number of nitrogens with zero attached hydrogens (tertiary/aromatic N) is 1. The third-order valence-electron chi connectivity index (χ3n) is 6.98. The van der Waals surface area contributed by atoms with Gasteiger partial charge in [0.25, 0.3) is 0 Å². The number of carbonyl (C=O) groups excluding carboxylic acids is 2. The maximum atomic E-state index is 13.6. The summed E-state index contributed by atoms with van der Waals surface area (Å²) in [6.45, 7) is 9.97. The molecule has 0 radical (unpaired) electrons. The summed E-state index contributed by atoms with van der Waals surface area (Å²) in [7, 11) is 1.70. The number of allylic oxidation sites excluding steroid dienone is 4. The van der Waals surface area contributed by atoms with Crippen LogP contribution >= 0.6 is 0 Å². The molecular weight excluding hydrogens is 402 g/mol. The van der Waals surface area contributed by atoms with Crippen molar-refractivity contribution in [2.45, 2.75) is 65.7 Å². The van der Waals surface area contributed by atoms with Crippen LogP contribution in [0.3, 0.4) is 0 Å². The molecule has 0 saturated carbocycles. The summed E-state index contributed by atoms with van der Waals surface area (Å²) in [5, 5.41) is 9.85. The Morgan fingerprint density at radius 2 is 1.41 bits per heavy atom. The second-order valence-corrected chi connectivity index (χ2v) is 11.1. The maximum Gasteiger partial charge on any atom is 0.162 e. The van der Waals surface area contributed by atoms with Gasteiger partial charge < -0.3 is 14.7 Å². The van der Waals surface area contributed by atoms with E-state index in [-0.39, 0.29) is 34.1 Å². The maximum absolute atomic E-state index is 13.6. The zero-order chi connectivity index (χ0) is 23.3. The number of hydrogen-bond donors (Lipinski definition) is 1. The van der Waals surface area contributed by atoms with Crippen molar-refractivity contribution >= 4 is 11.6 Å². The van der Waals surface area contributed by atoms with Gasteiger partial charge in [0, 0.05) is 61.6 Å². The molecular formula is C27H35NO4. The van der Waals surface area contributed by atoms with Crippen LogP contribution in [0.15, 0.2) is 46.8 Å². The second kappa shape index (κ2) is 8.18. The molecule has 0 atom stereocenters. The van der Waals surface area contributed by atoms with Crippen molar-refractivity contribution < 1.29 is 19.4 Å². The Balaban J connectivity index is 1.94. The molecule has 4 rings (SSSR count). The monoisotopic (exact) mass is 437 g/mol. The number of Topliss-reactive ketones (excluding diaryl/α,β-unsaturated/α-hetero) is 2. The molecule has 0 unspecified atom stereocenters. The molecule has 172 valence electrons. The first-order chi connectivity index (χ1) is 15.0. The number of benzene rings is 1. The normalized spacial score (nSPS) is 22.8. The third kappa shape index (κ3) is 4.15. The summed E-state index contributed by atoms with van der Waals surface area (Å²) in [5.74, 6) is 0.0957. The van der Waals surface area contributed by atoms with Gasteiger partial charge in [-0.1, -0.05) is 39.8 Å². The Hall–Kier alpha value is -2.40. The van der Waals surface area contributed by atoms with E-state index in [0.717, 1.165) is 53.9 Å². The van der Waals surface area contributed by atoms with E-state index in [4.69, 9.17) is 4.74 Å². The van der Waals surface area contributed by atoms with Crippen molar-refractivity contribution in [1.29, 1.82) is 0 Å². The minimum absolute atomic E-state index is 0.124. The van der Waals surface area contributed by atoms with Gasteiger partial charge >= 0.3 is 0 Å². The number of rotatable bonds is 5. The Kier molecular flexibility index (Phi) is 5.83. The molecule has 2 aliphatic carbocycles. The molecule has 1 aromatic rings. The van der Waals surface area contributed by atoms with Crippen LogP contribution in [0.25, 0.3) is 0 Å². The summed E-state index contributed by atoms with van der Waals surface area (Å²) in [6.07, 6.45) is 3.41. The summed E-state index contributed by atoms with van der Waals surface area (Å²) >= 11 is 0. The molecule has 0 amide bonds. The Bertz CT molecular complexity index is 943. The van der Waals surface area contributed by atoms with E-state index in [1.54, 1.807) is 19.2 Å². The zero-order valence-corrected chi connectivity index (χ0v) is 20.0. The standard InChI is InChI=1S/C27H35NO4/c1-26(2)13-19-24(21(30)15-26)23(17-7-9-18(29)10-8-17)25-20(28(19)11-6-12-32-5)14-27(3,4)16-22(25)31/h7-10,23,29H,6,11-16H2,1-5H3. The van der Waals surface area contributed by atoms with Crippen LogP contribution in [-0.2, 0) is 14.3 Å². The van der Waals surface area contributed by atoms with Crippen molar-refractivity contribution in [3.05, 3.63) is 52.4 Å². The van der Waals surface area contributed by atoms with Crippen LogP contribution in [0, 0.1) is 10.8 Å². The molecule has 1 aromatic carbocycles. The van der Waals surface area contributed by atoms with E-state index in [0.29, 0.717) is 19.4 Å². The zero-order valence-electron chi connectivity index (χ0n) is 20.0. The van der Waals surface area contributed by atoms with Gasteiger partial charge in [-0.15, -0.1) is 0 Å². The molecule has 1 heterocycles. The molecule has 5 nitrogen and oxygen atoms in total. The lowest BCUT2D eigenvalue weighted by atomic mass is 9.63. The van der Waals surface area contributed by atoms with Crippen molar-refractivity contribution in [3.63, 3.8) is 0 Å². The Morgan fingerprint density at radius 3 is 1.88 bits per heavy atom. The lowest BCUT2D eigenvalue weighted by Gasteiger charge is -2.49. The number of phenols is 1. The largest absolute Gasteiger partial charge is 0.508 e. The summed E-state index contributed by atoms with van der Waals surface area (Å²) in [6, 6.07) is 7.01. The molecule has 0 spiro atoms. The van der Waals surface area contributed by atoms with Crippen LogP contribution in [0.2, 0.25) is 0 Å². The van der Waals surface area contributed by atoms with Gasteiger partial charge in [0.1, 0.15) is 5.75 Å².